The summed E-state index contributed by atoms with van der Waals surface area (Å²) in [6.07, 6.45) is -0.846. The van der Waals surface area contributed by atoms with Crippen molar-refractivity contribution in [3.63, 3.8) is 0 Å². The lowest BCUT2D eigenvalue weighted by Gasteiger charge is -2.20. The van der Waals surface area contributed by atoms with Crippen LogP contribution < -0.4 is 5.32 Å². The van der Waals surface area contributed by atoms with Gasteiger partial charge in [0, 0.05) is 6.54 Å². The number of carbonyl (C=O) groups is 1. The molecule has 0 aromatic heterocycles. The summed E-state index contributed by atoms with van der Waals surface area (Å²) >= 11 is 0. The molecule has 88 valence electrons. The van der Waals surface area contributed by atoms with Gasteiger partial charge in [-0.15, -0.1) is 0 Å². The topological polar surface area (TPSA) is 58.6 Å². The lowest BCUT2D eigenvalue weighted by Crippen LogP contribution is -2.32. The van der Waals surface area contributed by atoms with Crippen LogP contribution in [-0.2, 0) is 9.53 Å². The van der Waals surface area contributed by atoms with Crippen molar-refractivity contribution in [2.45, 2.75) is 6.10 Å². The Labute approximate surface area is 95.2 Å². The number of hydrogen-bond acceptors (Lipinski definition) is 4. The van der Waals surface area contributed by atoms with Crippen LogP contribution in [0.2, 0.25) is 0 Å². The molecule has 0 radical (unpaired) electrons. The number of hydrogen-bond donors (Lipinski definition) is 2. The van der Waals surface area contributed by atoms with Crippen LogP contribution in [0.15, 0.2) is 30.3 Å². The van der Waals surface area contributed by atoms with Gasteiger partial charge in [-0.3, -0.25) is 4.79 Å². The van der Waals surface area contributed by atoms with Crippen molar-refractivity contribution < 1.29 is 14.6 Å². The van der Waals surface area contributed by atoms with Crippen molar-refractivity contribution in [3.8, 4) is 0 Å². The summed E-state index contributed by atoms with van der Waals surface area (Å²) < 4.78 is 4.67. The van der Waals surface area contributed by atoms with Crippen LogP contribution in [0.5, 0.6) is 0 Å². The monoisotopic (exact) mass is 223 g/mol. The Kier molecular flexibility index (Phi) is 4.95. The second-order valence-corrected chi connectivity index (χ2v) is 3.54. The first-order chi connectivity index (χ1) is 7.70. The van der Waals surface area contributed by atoms with E-state index >= 15 is 0 Å². The summed E-state index contributed by atoms with van der Waals surface area (Å²) in [5, 5.41) is 12.9. The minimum absolute atomic E-state index is 0.378. The highest BCUT2D eigenvalue weighted by molar-refractivity contribution is 5.73. The Morgan fingerprint density at radius 3 is 2.56 bits per heavy atom. The number of ether oxygens (including phenoxy) is 1. The molecule has 4 heteroatoms. The molecule has 16 heavy (non-hydrogen) atoms. The first-order valence-electron chi connectivity index (χ1n) is 5.16. The highest BCUT2D eigenvalue weighted by atomic mass is 16.5. The molecule has 0 saturated carbocycles. The molecular formula is C12H17NO3. The van der Waals surface area contributed by atoms with E-state index in [0.717, 1.165) is 0 Å². The summed E-state index contributed by atoms with van der Waals surface area (Å²) in [4.78, 5) is 11.5. The zero-order valence-corrected chi connectivity index (χ0v) is 9.51. The second-order valence-electron chi connectivity index (χ2n) is 3.54. The van der Waals surface area contributed by atoms with Crippen molar-refractivity contribution in [1.82, 2.24) is 5.32 Å². The van der Waals surface area contributed by atoms with E-state index < -0.39 is 18.0 Å². The van der Waals surface area contributed by atoms with Crippen molar-refractivity contribution >= 4 is 5.97 Å². The number of esters is 1. The molecule has 4 nitrogen and oxygen atoms in total. The Bertz CT molecular complexity index is 326. The average Bonchev–Trinajstić information content (AvgIpc) is 2.35. The van der Waals surface area contributed by atoms with Crippen molar-refractivity contribution in [1.29, 1.82) is 0 Å². The molecule has 0 amide bonds. The molecule has 0 heterocycles. The standard InChI is InChI=1S/C12H17NO3/c1-13-8-10(12(15)16-2)11(14)9-6-4-3-5-7-9/h3-7,10-11,13-14H,8H2,1-2H3/t10-,11?/m1/s1. The molecule has 0 aliphatic carbocycles. The van der Waals surface area contributed by atoms with Crippen LogP contribution in [-0.4, -0.2) is 31.8 Å². The van der Waals surface area contributed by atoms with Gasteiger partial charge in [0.15, 0.2) is 0 Å². The van der Waals surface area contributed by atoms with Gasteiger partial charge in [-0.25, -0.2) is 0 Å². The van der Waals surface area contributed by atoms with E-state index in [1.807, 2.05) is 18.2 Å². The highest BCUT2D eigenvalue weighted by Crippen LogP contribution is 2.22. The number of aliphatic hydroxyl groups excluding tert-OH is 1. The summed E-state index contributed by atoms with van der Waals surface area (Å²) in [6, 6.07) is 9.09. The number of benzene rings is 1. The fourth-order valence-corrected chi connectivity index (χ4v) is 1.58. The largest absolute Gasteiger partial charge is 0.469 e. The van der Waals surface area contributed by atoms with E-state index in [2.05, 4.69) is 10.1 Å². The Morgan fingerprint density at radius 2 is 2.06 bits per heavy atom. The van der Waals surface area contributed by atoms with E-state index in [1.54, 1.807) is 19.2 Å². The predicted molar refractivity (Wildman–Crippen MR) is 60.8 cm³/mol. The smallest absolute Gasteiger partial charge is 0.312 e. The maximum atomic E-state index is 11.5. The number of aliphatic hydroxyl groups is 1. The van der Waals surface area contributed by atoms with Crippen molar-refractivity contribution in [2.24, 2.45) is 5.92 Å². The van der Waals surface area contributed by atoms with E-state index in [4.69, 9.17) is 0 Å². The number of carbonyl (C=O) groups excluding carboxylic acids is 1. The number of nitrogens with one attached hydrogen (secondary N) is 1. The zero-order chi connectivity index (χ0) is 12.0. The molecule has 1 aromatic rings. The van der Waals surface area contributed by atoms with E-state index in [1.165, 1.54) is 7.11 Å². The van der Waals surface area contributed by atoms with Crippen LogP contribution in [0.1, 0.15) is 11.7 Å². The van der Waals surface area contributed by atoms with Gasteiger partial charge in [0.1, 0.15) is 0 Å². The molecule has 0 aliphatic rings. The van der Waals surface area contributed by atoms with Crippen LogP contribution in [0.25, 0.3) is 0 Å². The summed E-state index contributed by atoms with van der Waals surface area (Å²) in [5.41, 5.74) is 0.716. The summed E-state index contributed by atoms with van der Waals surface area (Å²) in [6.45, 7) is 0.378. The van der Waals surface area contributed by atoms with Crippen LogP contribution >= 0.6 is 0 Å². The minimum Gasteiger partial charge on any atom is -0.469 e. The second kappa shape index (κ2) is 6.25. The lowest BCUT2D eigenvalue weighted by atomic mass is 9.96. The molecule has 0 fully saturated rings. The van der Waals surface area contributed by atoms with Crippen LogP contribution in [0.4, 0.5) is 0 Å². The van der Waals surface area contributed by atoms with Crippen molar-refractivity contribution in [3.05, 3.63) is 35.9 Å². The third-order valence-electron chi connectivity index (χ3n) is 2.45. The van der Waals surface area contributed by atoms with Gasteiger partial charge in [0.25, 0.3) is 0 Å². The van der Waals surface area contributed by atoms with Gasteiger partial charge in [0.05, 0.1) is 19.1 Å². The molecule has 0 spiro atoms. The maximum Gasteiger partial charge on any atom is 0.312 e. The van der Waals surface area contributed by atoms with Crippen molar-refractivity contribution in [2.75, 3.05) is 20.7 Å². The van der Waals surface area contributed by atoms with Gasteiger partial charge in [-0.05, 0) is 12.6 Å². The Morgan fingerprint density at radius 1 is 1.44 bits per heavy atom. The number of rotatable bonds is 5. The minimum atomic E-state index is -0.846. The third kappa shape index (κ3) is 3.05. The summed E-state index contributed by atoms with van der Waals surface area (Å²) in [7, 11) is 3.05. The lowest BCUT2D eigenvalue weighted by molar-refractivity contribution is -0.149. The fourth-order valence-electron chi connectivity index (χ4n) is 1.58. The SMILES string of the molecule is CNC[C@@H](C(=O)OC)C(O)c1ccccc1. The quantitative estimate of drug-likeness (QED) is 0.722. The molecule has 1 aromatic carbocycles. The first-order valence-corrected chi connectivity index (χ1v) is 5.16. The molecule has 0 bridgehead atoms. The van der Waals surface area contributed by atoms with E-state index in [0.29, 0.717) is 12.1 Å². The Balaban J connectivity index is 2.82. The predicted octanol–water partition coefficient (Wildman–Crippen LogP) is 0.729. The average molecular weight is 223 g/mol. The number of methoxy groups -OCH3 is 1. The third-order valence-corrected chi connectivity index (χ3v) is 2.45. The summed E-state index contributed by atoms with van der Waals surface area (Å²) in [5.74, 6) is -0.997. The molecule has 2 N–H and O–H groups in total. The van der Waals surface area contributed by atoms with E-state index in [-0.39, 0.29) is 0 Å². The van der Waals surface area contributed by atoms with Gasteiger partial charge >= 0.3 is 5.97 Å². The fraction of sp³-hybridized carbons (Fsp3) is 0.417. The molecular weight excluding hydrogens is 206 g/mol. The van der Waals surface area contributed by atoms with E-state index in [9.17, 15) is 9.90 Å². The first kappa shape index (κ1) is 12.7. The van der Waals surface area contributed by atoms with Gasteiger partial charge in [-0.2, -0.15) is 0 Å². The van der Waals surface area contributed by atoms with Gasteiger partial charge < -0.3 is 15.2 Å². The molecule has 2 atom stereocenters. The maximum absolute atomic E-state index is 11.5. The van der Waals surface area contributed by atoms with Crippen LogP contribution in [0.3, 0.4) is 0 Å². The van der Waals surface area contributed by atoms with Crippen LogP contribution in [0, 0.1) is 5.92 Å². The highest BCUT2D eigenvalue weighted by Gasteiger charge is 2.27. The molecule has 0 saturated heterocycles. The zero-order valence-electron chi connectivity index (χ0n) is 9.51. The molecule has 1 unspecified atom stereocenters. The normalized spacial score (nSPS) is 14.2. The molecule has 1 rings (SSSR count). The van der Waals surface area contributed by atoms with Gasteiger partial charge in [0.2, 0.25) is 0 Å². The van der Waals surface area contributed by atoms with Gasteiger partial charge in [-0.1, -0.05) is 30.3 Å². The molecule has 0 aliphatic heterocycles. The Hall–Kier alpha value is -1.39.